The average Bonchev–Trinajstić information content (AvgIpc) is 2.86. The van der Waals surface area contributed by atoms with Gasteiger partial charge >= 0.3 is 0 Å². The van der Waals surface area contributed by atoms with Crippen molar-refractivity contribution in [1.82, 2.24) is 15.1 Å². The molecule has 1 aromatic heterocycles. The van der Waals surface area contributed by atoms with Gasteiger partial charge in [0.15, 0.2) is 0 Å². The molecule has 1 aliphatic rings. The van der Waals surface area contributed by atoms with Crippen LogP contribution in [0.2, 0.25) is 0 Å². The second kappa shape index (κ2) is 5.43. The van der Waals surface area contributed by atoms with Gasteiger partial charge in [0.2, 0.25) is 0 Å². The molecule has 0 radical (unpaired) electrons. The molecule has 0 aromatic carbocycles. The number of rotatable bonds is 5. The highest BCUT2D eigenvalue weighted by molar-refractivity contribution is 5.11. The van der Waals surface area contributed by atoms with E-state index in [0.717, 1.165) is 18.7 Å². The summed E-state index contributed by atoms with van der Waals surface area (Å²) in [6, 6.07) is 2.81. The van der Waals surface area contributed by atoms with E-state index in [9.17, 15) is 0 Å². The standard InChI is InChI=1S/C15H27N3/c1-5-16-14(15(3)8-6-7-9-15)11-13-10-12(2)17-18(13)4/h10,14,16H,5-9,11H2,1-4H3. The highest BCUT2D eigenvalue weighted by atomic mass is 15.3. The molecule has 1 atom stereocenters. The van der Waals surface area contributed by atoms with Crippen LogP contribution in [0.15, 0.2) is 6.07 Å². The van der Waals surface area contributed by atoms with Gasteiger partial charge in [-0.3, -0.25) is 4.68 Å². The summed E-state index contributed by atoms with van der Waals surface area (Å²) in [6.07, 6.45) is 6.61. The Labute approximate surface area is 111 Å². The number of likely N-dealkylation sites (N-methyl/N-ethyl adjacent to an activating group) is 1. The molecule has 0 bridgehead atoms. The van der Waals surface area contributed by atoms with Gasteiger partial charge in [0.25, 0.3) is 0 Å². The van der Waals surface area contributed by atoms with Gasteiger partial charge in [-0.05, 0) is 37.8 Å². The lowest BCUT2D eigenvalue weighted by atomic mass is 9.78. The summed E-state index contributed by atoms with van der Waals surface area (Å²) in [5.41, 5.74) is 2.94. The molecule has 3 heteroatoms. The molecule has 1 fully saturated rings. The molecule has 0 amide bonds. The van der Waals surface area contributed by atoms with Gasteiger partial charge in [0.05, 0.1) is 5.69 Å². The Morgan fingerprint density at radius 3 is 2.61 bits per heavy atom. The zero-order valence-corrected chi connectivity index (χ0v) is 12.3. The predicted molar refractivity (Wildman–Crippen MR) is 75.7 cm³/mol. The molecule has 1 heterocycles. The largest absolute Gasteiger partial charge is 0.313 e. The van der Waals surface area contributed by atoms with Crippen molar-refractivity contribution < 1.29 is 0 Å². The van der Waals surface area contributed by atoms with E-state index in [-0.39, 0.29) is 0 Å². The predicted octanol–water partition coefficient (Wildman–Crippen LogP) is 2.83. The molecule has 18 heavy (non-hydrogen) atoms. The Morgan fingerprint density at radius 2 is 2.11 bits per heavy atom. The van der Waals surface area contributed by atoms with E-state index in [1.165, 1.54) is 31.4 Å². The Kier molecular flexibility index (Phi) is 4.10. The highest BCUT2D eigenvalue weighted by Crippen LogP contribution is 2.41. The van der Waals surface area contributed by atoms with Crippen molar-refractivity contribution in [2.45, 2.75) is 58.9 Å². The normalized spacial score (nSPS) is 20.2. The first-order valence-electron chi connectivity index (χ1n) is 7.28. The van der Waals surface area contributed by atoms with Crippen LogP contribution in [0.4, 0.5) is 0 Å². The minimum atomic E-state index is 0.466. The van der Waals surface area contributed by atoms with Crippen LogP contribution in [0.5, 0.6) is 0 Å². The first-order chi connectivity index (χ1) is 8.55. The van der Waals surface area contributed by atoms with Crippen LogP contribution < -0.4 is 5.32 Å². The van der Waals surface area contributed by atoms with Crippen LogP contribution in [0, 0.1) is 12.3 Å². The second-order valence-corrected chi connectivity index (χ2v) is 6.08. The molecule has 0 saturated heterocycles. The first-order valence-corrected chi connectivity index (χ1v) is 7.28. The molecular formula is C15H27N3. The zero-order valence-electron chi connectivity index (χ0n) is 12.3. The molecule has 3 nitrogen and oxygen atoms in total. The molecule has 2 rings (SSSR count). The third-order valence-electron chi connectivity index (χ3n) is 4.55. The van der Waals surface area contributed by atoms with E-state index in [0.29, 0.717) is 11.5 Å². The van der Waals surface area contributed by atoms with Gasteiger partial charge in [-0.25, -0.2) is 0 Å². The SMILES string of the molecule is CCNC(Cc1cc(C)nn1C)C1(C)CCCC1. The molecule has 1 N–H and O–H groups in total. The molecular weight excluding hydrogens is 222 g/mol. The monoisotopic (exact) mass is 249 g/mol. The quantitative estimate of drug-likeness (QED) is 0.869. The smallest absolute Gasteiger partial charge is 0.0596 e. The zero-order chi connectivity index (χ0) is 13.2. The first kappa shape index (κ1) is 13.6. The van der Waals surface area contributed by atoms with E-state index in [2.05, 4.69) is 44.3 Å². The van der Waals surface area contributed by atoms with E-state index >= 15 is 0 Å². The van der Waals surface area contributed by atoms with Gasteiger partial charge < -0.3 is 5.32 Å². The molecule has 102 valence electrons. The fourth-order valence-electron chi connectivity index (χ4n) is 3.41. The van der Waals surface area contributed by atoms with Gasteiger partial charge in [0.1, 0.15) is 0 Å². The van der Waals surface area contributed by atoms with Gasteiger partial charge in [-0.15, -0.1) is 0 Å². The average molecular weight is 249 g/mol. The van der Waals surface area contributed by atoms with E-state index in [1.807, 2.05) is 4.68 Å². The Balaban J connectivity index is 2.13. The number of nitrogens with one attached hydrogen (secondary N) is 1. The van der Waals surface area contributed by atoms with Gasteiger partial charge in [0, 0.05) is 25.2 Å². The highest BCUT2D eigenvalue weighted by Gasteiger charge is 2.36. The molecule has 0 aliphatic heterocycles. The maximum Gasteiger partial charge on any atom is 0.0596 e. The lowest BCUT2D eigenvalue weighted by Gasteiger charge is -2.35. The summed E-state index contributed by atoms with van der Waals surface area (Å²) in [5, 5.41) is 8.17. The topological polar surface area (TPSA) is 29.9 Å². The maximum atomic E-state index is 4.46. The van der Waals surface area contributed by atoms with Crippen molar-refractivity contribution in [1.29, 1.82) is 0 Å². The van der Waals surface area contributed by atoms with Gasteiger partial charge in [-0.2, -0.15) is 5.10 Å². The molecule has 1 unspecified atom stereocenters. The number of hydrogen-bond acceptors (Lipinski definition) is 2. The summed E-state index contributed by atoms with van der Waals surface area (Å²) in [7, 11) is 2.06. The summed E-state index contributed by atoms with van der Waals surface area (Å²) in [6.45, 7) is 7.79. The Morgan fingerprint density at radius 1 is 1.44 bits per heavy atom. The number of aromatic nitrogens is 2. The van der Waals surface area contributed by atoms with Crippen molar-refractivity contribution >= 4 is 0 Å². The third kappa shape index (κ3) is 2.77. The maximum absolute atomic E-state index is 4.46. The summed E-state index contributed by atoms with van der Waals surface area (Å²) < 4.78 is 2.04. The van der Waals surface area contributed by atoms with Crippen molar-refractivity contribution in [3.05, 3.63) is 17.5 Å². The van der Waals surface area contributed by atoms with Crippen LogP contribution >= 0.6 is 0 Å². The van der Waals surface area contributed by atoms with Crippen LogP contribution in [-0.4, -0.2) is 22.4 Å². The van der Waals surface area contributed by atoms with Crippen molar-refractivity contribution in [2.75, 3.05) is 6.54 Å². The summed E-state index contributed by atoms with van der Waals surface area (Å²) in [5.74, 6) is 0. The molecule has 1 aliphatic carbocycles. The fourth-order valence-corrected chi connectivity index (χ4v) is 3.41. The second-order valence-electron chi connectivity index (χ2n) is 6.08. The van der Waals surface area contributed by atoms with Gasteiger partial charge in [-0.1, -0.05) is 26.7 Å². The molecule has 1 saturated carbocycles. The van der Waals surface area contributed by atoms with Crippen LogP contribution in [0.1, 0.15) is 50.9 Å². The minimum Gasteiger partial charge on any atom is -0.313 e. The van der Waals surface area contributed by atoms with Crippen LogP contribution in [-0.2, 0) is 13.5 Å². The lowest BCUT2D eigenvalue weighted by molar-refractivity contribution is 0.219. The fraction of sp³-hybridized carbons (Fsp3) is 0.800. The lowest BCUT2D eigenvalue weighted by Crippen LogP contribution is -2.44. The van der Waals surface area contributed by atoms with Crippen molar-refractivity contribution in [2.24, 2.45) is 12.5 Å². The van der Waals surface area contributed by atoms with Crippen LogP contribution in [0.25, 0.3) is 0 Å². The molecule has 0 spiro atoms. The Hall–Kier alpha value is -0.830. The van der Waals surface area contributed by atoms with E-state index < -0.39 is 0 Å². The summed E-state index contributed by atoms with van der Waals surface area (Å²) in [4.78, 5) is 0. The van der Waals surface area contributed by atoms with Crippen molar-refractivity contribution in [3.8, 4) is 0 Å². The summed E-state index contributed by atoms with van der Waals surface area (Å²) >= 11 is 0. The third-order valence-corrected chi connectivity index (χ3v) is 4.55. The minimum absolute atomic E-state index is 0.466. The van der Waals surface area contributed by atoms with Crippen molar-refractivity contribution in [3.63, 3.8) is 0 Å². The Bertz CT molecular complexity index is 388. The molecule has 1 aromatic rings. The number of nitrogens with zero attached hydrogens (tertiary/aromatic N) is 2. The number of hydrogen-bond donors (Lipinski definition) is 1. The van der Waals surface area contributed by atoms with E-state index in [4.69, 9.17) is 0 Å². The van der Waals surface area contributed by atoms with E-state index in [1.54, 1.807) is 0 Å². The van der Waals surface area contributed by atoms with Crippen LogP contribution in [0.3, 0.4) is 0 Å². The number of aryl methyl sites for hydroxylation is 2.